The maximum atomic E-state index is 4.18. The van der Waals surface area contributed by atoms with Crippen LogP contribution in [0.1, 0.15) is 40.5 Å². The van der Waals surface area contributed by atoms with Crippen LogP contribution >= 0.6 is 0 Å². The van der Waals surface area contributed by atoms with Crippen LogP contribution in [0.2, 0.25) is 0 Å². The van der Waals surface area contributed by atoms with Crippen molar-refractivity contribution >= 4 is 12.1 Å². The summed E-state index contributed by atoms with van der Waals surface area (Å²) in [5.41, 5.74) is 1.16. The molecule has 0 aromatic rings. The molecule has 0 amide bonds. The molecule has 2 nitrogen and oxygen atoms in total. The summed E-state index contributed by atoms with van der Waals surface area (Å²) >= 11 is 0. The van der Waals surface area contributed by atoms with Gasteiger partial charge >= 0.3 is 0 Å². The van der Waals surface area contributed by atoms with Gasteiger partial charge in [-0.1, -0.05) is 13.3 Å². The Kier molecular flexibility index (Phi) is 5.71. The standard InChI is InChI=1S/C9H18N2/c1-5-6-9(4)11-7-10-8(2)3/h7-8H,5-6H2,1-4H3. The molecule has 0 radical (unpaired) electrons. The van der Waals surface area contributed by atoms with Crippen LogP contribution in [0.25, 0.3) is 0 Å². The van der Waals surface area contributed by atoms with Crippen molar-refractivity contribution in [2.24, 2.45) is 9.98 Å². The molecule has 0 saturated carbocycles. The van der Waals surface area contributed by atoms with Gasteiger partial charge in [0.2, 0.25) is 0 Å². The van der Waals surface area contributed by atoms with Crippen molar-refractivity contribution in [3.05, 3.63) is 0 Å². The van der Waals surface area contributed by atoms with Crippen LogP contribution in [0.4, 0.5) is 0 Å². The Bertz CT molecular complexity index is 146. The van der Waals surface area contributed by atoms with E-state index in [9.17, 15) is 0 Å². The molecule has 0 aliphatic rings. The minimum Gasteiger partial charge on any atom is -0.271 e. The lowest BCUT2D eigenvalue weighted by Gasteiger charge is -1.94. The summed E-state index contributed by atoms with van der Waals surface area (Å²) in [5.74, 6) is 0. The van der Waals surface area contributed by atoms with Gasteiger partial charge in [-0.3, -0.25) is 4.99 Å². The van der Waals surface area contributed by atoms with Gasteiger partial charge in [0, 0.05) is 11.8 Å². The minimum atomic E-state index is 0.355. The summed E-state index contributed by atoms with van der Waals surface area (Å²) in [5, 5.41) is 0. The molecular formula is C9H18N2. The van der Waals surface area contributed by atoms with Gasteiger partial charge in [0.15, 0.2) is 0 Å². The Morgan fingerprint density at radius 3 is 2.55 bits per heavy atom. The molecular weight excluding hydrogens is 136 g/mol. The molecule has 0 heterocycles. The Morgan fingerprint density at radius 2 is 2.09 bits per heavy atom. The molecule has 0 bridgehead atoms. The number of rotatable bonds is 4. The van der Waals surface area contributed by atoms with Gasteiger partial charge in [-0.05, 0) is 27.2 Å². The van der Waals surface area contributed by atoms with E-state index in [4.69, 9.17) is 0 Å². The van der Waals surface area contributed by atoms with Gasteiger partial charge in [0.05, 0.1) is 0 Å². The first-order chi connectivity index (χ1) is 5.16. The number of aliphatic imine (C=N–C) groups is 2. The molecule has 0 rings (SSSR count). The van der Waals surface area contributed by atoms with Crippen LogP contribution in [0, 0.1) is 0 Å². The zero-order valence-corrected chi connectivity index (χ0v) is 7.96. The summed E-state index contributed by atoms with van der Waals surface area (Å²) in [6.07, 6.45) is 3.89. The molecule has 0 aliphatic carbocycles. The van der Waals surface area contributed by atoms with Gasteiger partial charge < -0.3 is 0 Å². The smallest absolute Gasteiger partial charge is 0.110 e. The van der Waals surface area contributed by atoms with Gasteiger partial charge in [0.25, 0.3) is 0 Å². The Balaban J connectivity index is 3.71. The molecule has 0 saturated heterocycles. The topological polar surface area (TPSA) is 24.7 Å². The molecule has 64 valence electrons. The van der Waals surface area contributed by atoms with Crippen LogP contribution in [-0.4, -0.2) is 18.1 Å². The maximum absolute atomic E-state index is 4.18. The van der Waals surface area contributed by atoms with Crippen LogP contribution in [-0.2, 0) is 0 Å². The van der Waals surface area contributed by atoms with E-state index in [-0.39, 0.29) is 0 Å². The van der Waals surface area contributed by atoms with Crippen molar-refractivity contribution in [2.45, 2.75) is 46.6 Å². The van der Waals surface area contributed by atoms with Crippen molar-refractivity contribution in [1.29, 1.82) is 0 Å². The second kappa shape index (κ2) is 6.08. The van der Waals surface area contributed by atoms with E-state index in [1.807, 2.05) is 20.8 Å². The monoisotopic (exact) mass is 154 g/mol. The fraction of sp³-hybridized carbons (Fsp3) is 0.778. The molecule has 0 fully saturated rings. The third kappa shape index (κ3) is 7.23. The molecule has 0 aliphatic heterocycles. The summed E-state index contributed by atoms with van der Waals surface area (Å²) in [6, 6.07) is 0.355. The fourth-order valence-corrected chi connectivity index (χ4v) is 0.692. The van der Waals surface area contributed by atoms with Gasteiger partial charge in [-0.25, -0.2) is 4.99 Å². The van der Waals surface area contributed by atoms with Crippen LogP contribution < -0.4 is 0 Å². The average Bonchev–Trinajstić information content (AvgIpc) is 1.87. The third-order valence-electron chi connectivity index (χ3n) is 1.25. The van der Waals surface area contributed by atoms with E-state index in [1.54, 1.807) is 6.34 Å². The number of hydrogen-bond donors (Lipinski definition) is 0. The second-order valence-electron chi connectivity index (χ2n) is 2.97. The highest BCUT2D eigenvalue weighted by Gasteiger charge is 1.86. The lowest BCUT2D eigenvalue weighted by molar-refractivity contribution is 0.839. The number of hydrogen-bond acceptors (Lipinski definition) is 1. The zero-order valence-electron chi connectivity index (χ0n) is 7.96. The normalized spacial score (nSPS) is 13.4. The van der Waals surface area contributed by atoms with Gasteiger partial charge in [-0.2, -0.15) is 0 Å². The third-order valence-corrected chi connectivity index (χ3v) is 1.25. The Hall–Kier alpha value is -0.660. The fourth-order valence-electron chi connectivity index (χ4n) is 0.692. The van der Waals surface area contributed by atoms with E-state index in [2.05, 4.69) is 16.9 Å². The summed E-state index contributed by atoms with van der Waals surface area (Å²) < 4.78 is 0. The lowest BCUT2D eigenvalue weighted by atomic mass is 10.2. The molecule has 0 N–H and O–H groups in total. The van der Waals surface area contributed by atoms with E-state index in [1.165, 1.54) is 0 Å². The predicted molar refractivity (Wildman–Crippen MR) is 51.6 cm³/mol. The van der Waals surface area contributed by atoms with Crippen LogP contribution in [0.5, 0.6) is 0 Å². The first-order valence-corrected chi connectivity index (χ1v) is 4.21. The van der Waals surface area contributed by atoms with Crippen molar-refractivity contribution in [2.75, 3.05) is 0 Å². The predicted octanol–water partition coefficient (Wildman–Crippen LogP) is 2.68. The number of nitrogens with zero attached hydrogens (tertiary/aromatic N) is 2. The van der Waals surface area contributed by atoms with E-state index < -0.39 is 0 Å². The van der Waals surface area contributed by atoms with E-state index in [0.717, 1.165) is 18.6 Å². The molecule has 0 unspecified atom stereocenters. The molecule has 11 heavy (non-hydrogen) atoms. The molecule has 0 aromatic heterocycles. The van der Waals surface area contributed by atoms with Gasteiger partial charge in [0.1, 0.15) is 6.34 Å². The van der Waals surface area contributed by atoms with Crippen molar-refractivity contribution in [3.8, 4) is 0 Å². The van der Waals surface area contributed by atoms with E-state index >= 15 is 0 Å². The SMILES string of the molecule is CCCC(C)=NC=NC(C)C. The lowest BCUT2D eigenvalue weighted by Crippen LogP contribution is -1.92. The van der Waals surface area contributed by atoms with Crippen molar-refractivity contribution in [1.82, 2.24) is 0 Å². The first-order valence-electron chi connectivity index (χ1n) is 4.21. The van der Waals surface area contributed by atoms with Gasteiger partial charge in [-0.15, -0.1) is 0 Å². The van der Waals surface area contributed by atoms with Crippen molar-refractivity contribution < 1.29 is 0 Å². The molecule has 0 atom stereocenters. The Labute approximate surface area is 69.4 Å². The quantitative estimate of drug-likeness (QED) is 0.439. The van der Waals surface area contributed by atoms with Crippen molar-refractivity contribution in [3.63, 3.8) is 0 Å². The highest BCUT2D eigenvalue weighted by atomic mass is 14.9. The largest absolute Gasteiger partial charge is 0.271 e. The zero-order chi connectivity index (χ0) is 8.69. The Morgan fingerprint density at radius 1 is 1.45 bits per heavy atom. The summed E-state index contributed by atoms with van der Waals surface area (Å²) in [4.78, 5) is 8.31. The molecule has 0 spiro atoms. The van der Waals surface area contributed by atoms with E-state index in [0.29, 0.717) is 6.04 Å². The maximum Gasteiger partial charge on any atom is 0.110 e. The average molecular weight is 154 g/mol. The molecule has 2 heteroatoms. The van der Waals surface area contributed by atoms with Crippen LogP contribution in [0.15, 0.2) is 9.98 Å². The van der Waals surface area contributed by atoms with Crippen LogP contribution in [0.3, 0.4) is 0 Å². The highest BCUT2D eigenvalue weighted by Crippen LogP contribution is 1.90. The second-order valence-corrected chi connectivity index (χ2v) is 2.97. The summed E-state index contributed by atoms with van der Waals surface area (Å²) in [6.45, 7) is 8.27. The summed E-state index contributed by atoms with van der Waals surface area (Å²) in [7, 11) is 0. The highest BCUT2D eigenvalue weighted by molar-refractivity contribution is 5.88. The minimum absolute atomic E-state index is 0.355. The first kappa shape index (κ1) is 10.3. The molecule has 0 aromatic carbocycles.